The average molecular weight is 823 g/mol. The van der Waals surface area contributed by atoms with Gasteiger partial charge in [0.1, 0.15) is 31.3 Å². The third-order valence-corrected chi connectivity index (χ3v) is 11.8. The van der Waals surface area contributed by atoms with Crippen LogP contribution in [0.15, 0.2) is 96.2 Å². The smallest absolute Gasteiger partial charge is 0.269 e. The van der Waals surface area contributed by atoms with Crippen LogP contribution >= 0.6 is 0 Å². The first-order valence-electron chi connectivity index (χ1n) is 21.1. The number of aliphatic hydroxyl groups is 2. The molecule has 60 heavy (non-hydrogen) atoms. The van der Waals surface area contributed by atoms with Crippen LogP contribution in [0.4, 0.5) is 5.69 Å². The molecule has 1 saturated carbocycles. The predicted molar refractivity (Wildman–Crippen MR) is 229 cm³/mol. The topological polar surface area (TPSA) is 166 Å². The van der Waals surface area contributed by atoms with Gasteiger partial charge in [-0.3, -0.25) is 19.9 Å². The molecule has 2 aromatic carbocycles. The Morgan fingerprint density at radius 3 is 2.55 bits per heavy atom. The highest BCUT2D eigenvalue weighted by Crippen LogP contribution is 2.62. The molecule has 3 aromatic rings. The van der Waals surface area contributed by atoms with E-state index in [2.05, 4.69) is 28.9 Å². The number of benzene rings is 2. The summed E-state index contributed by atoms with van der Waals surface area (Å²) in [6.45, 7) is 8.96. The second kappa shape index (κ2) is 20.7. The van der Waals surface area contributed by atoms with E-state index in [4.69, 9.17) is 19.0 Å². The number of nitro benzene ring substituents is 1. The number of amides is 1. The number of oxime groups is 1. The number of ether oxygens (including phenoxy) is 3. The van der Waals surface area contributed by atoms with E-state index in [1.165, 1.54) is 25.3 Å². The van der Waals surface area contributed by atoms with Crippen molar-refractivity contribution in [3.8, 4) is 11.5 Å². The molecule has 2 aliphatic carbocycles. The van der Waals surface area contributed by atoms with Gasteiger partial charge in [-0.05, 0) is 111 Å². The largest absolute Gasteiger partial charge is 0.487 e. The summed E-state index contributed by atoms with van der Waals surface area (Å²) in [6, 6.07) is 17.1. The number of hydrogen-bond acceptors (Lipinski definition) is 11. The lowest BCUT2D eigenvalue weighted by molar-refractivity contribution is -0.384. The van der Waals surface area contributed by atoms with Gasteiger partial charge >= 0.3 is 0 Å². The van der Waals surface area contributed by atoms with Crippen molar-refractivity contribution < 1.29 is 39.0 Å². The molecule has 3 aliphatic rings. The summed E-state index contributed by atoms with van der Waals surface area (Å²) in [5.41, 5.74) is 4.94. The second-order valence-corrected chi connectivity index (χ2v) is 15.7. The zero-order valence-electron chi connectivity index (χ0n) is 34.9. The van der Waals surface area contributed by atoms with Crippen LogP contribution in [0.5, 0.6) is 11.5 Å². The minimum atomic E-state index is -1.39. The second-order valence-electron chi connectivity index (χ2n) is 15.7. The fourth-order valence-corrected chi connectivity index (χ4v) is 9.32. The Labute approximate surface area is 352 Å². The van der Waals surface area contributed by atoms with Gasteiger partial charge in [0, 0.05) is 61.6 Å². The quantitative estimate of drug-likeness (QED) is 0.0353. The van der Waals surface area contributed by atoms with Gasteiger partial charge in [-0.1, -0.05) is 43.1 Å². The molecule has 13 heteroatoms. The van der Waals surface area contributed by atoms with Crippen molar-refractivity contribution in [3.05, 3.63) is 124 Å². The number of allylic oxidation sites excluding steroid dienone is 1. The number of nitro groups is 1. The van der Waals surface area contributed by atoms with E-state index in [1.807, 2.05) is 44.2 Å². The van der Waals surface area contributed by atoms with E-state index >= 15 is 0 Å². The minimum Gasteiger partial charge on any atom is -0.487 e. The molecule has 0 radical (unpaired) electrons. The summed E-state index contributed by atoms with van der Waals surface area (Å²) in [4.78, 5) is 37.4. The van der Waals surface area contributed by atoms with Crippen molar-refractivity contribution in [1.82, 2.24) is 9.88 Å². The standard InChI is InChI=1S/C47H58N4O9/c1-5-24-50(44(54)23-18-33-16-19-36(20-17-33)51(55)56)43-30-41(49-57-4)39-28-34(13-7-9-25-52)38(15-8-10-26-53)45-40-29-37(58-31-35-14-11-12-32(3)48-35)21-22-42(40)60-47(43,46(39)45)59-27-6-2/h6,11-12,14,16-23,28-29,34,38,43,45-46,52-53H,2,5,7-10,13,15,24-27,30-31H2,1,3-4H3. The first-order valence-corrected chi connectivity index (χ1v) is 21.1. The lowest BCUT2D eigenvalue weighted by atomic mass is 9.55. The van der Waals surface area contributed by atoms with Gasteiger partial charge in [0.25, 0.3) is 5.69 Å². The van der Waals surface area contributed by atoms with E-state index < -0.39 is 22.7 Å². The monoisotopic (exact) mass is 822 g/mol. The van der Waals surface area contributed by atoms with Crippen LogP contribution in [0.3, 0.4) is 0 Å². The zero-order chi connectivity index (χ0) is 42.6. The van der Waals surface area contributed by atoms with E-state index in [-0.39, 0.29) is 62.2 Å². The van der Waals surface area contributed by atoms with Crippen molar-refractivity contribution in [3.63, 3.8) is 0 Å². The molecule has 13 nitrogen and oxygen atoms in total. The van der Waals surface area contributed by atoms with Crippen molar-refractivity contribution in [1.29, 1.82) is 0 Å². The molecule has 1 aliphatic heterocycles. The zero-order valence-corrected chi connectivity index (χ0v) is 34.9. The Kier molecular flexibility index (Phi) is 15.3. The van der Waals surface area contributed by atoms with Crippen LogP contribution < -0.4 is 9.47 Å². The van der Waals surface area contributed by atoms with E-state index in [1.54, 1.807) is 29.2 Å². The fourth-order valence-electron chi connectivity index (χ4n) is 9.32. The number of rotatable bonds is 21. The predicted octanol–water partition coefficient (Wildman–Crippen LogP) is 8.09. The van der Waals surface area contributed by atoms with Gasteiger partial charge < -0.3 is 34.2 Å². The molecule has 1 amide bonds. The molecule has 2 heterocycles. The van der Waals surface area contributed by atoms with E-state index in [9.17, 15) is 25.1 Å². The molecular weight excluding hydrogens is 765 g/mol. The summed E-state index contributed by atoms with van der Waals surface area (Å²) in [6.07, 6.45) is 12.7. The number of aliphatic hydroxyl groups excluding tert-OH is 2. The molecule has 1 aromatic heterocycles. The van der Waals surface area contributed by atoms with Crippen LogP contribution in [0.2, 0.25) is 0 Å². The maximum Gasteiger partial charge on any atom is 0.269 e. The van der Waals surface area contributed by atoms with Gasteiger partial charge in [-0.25, -0.2) is 0 Å². The molecule has 320 valence electrons. The van der Waals surface area contributed by atoms with Crippen LogP contribution in [0, 0.1) is 34.8 Å². The number of pyridine rings is 1. The number of aromatic nitrogens is 1. The Balaban J connectivity index is 1.51. The fraction of sp³-hybridized carbons (Fsp3) is 0.468. The number of non-ortho nitro benzene ring substituents is 1. The Morgan fingerprint density at radius 2 is 1.87 bits per heavy atom. The number of carbonyl (C=O) groups excluding carboxylic acids is 1. The van der Waals surface area contributed by atoms with Gasteiger partial charge in [0.05, 0.1) is 28.9 Å². The molecule has 6 atom stereocenters. The molecule has 6 rings (SSSR count). The summed E-state index contributed by atoms with van der Waals surface area (Å²) >= 11 is 0. The molecule has 0 spiro atoms. The first kappa shape index (κ1) is 44.2. The highest BCUT2D eigenvalue weighted by molar-refractivity contribution is 6.03. The summed E-state index contributed by atoms with van der Waals surface area (Å²) in [7, 11) is 1.52. The van der Waals surface area contributed by atoms with E-state index in [0.717, 1.165) is 48.2 Å². The van der Waals surface area contributed by atoms with Crippen LogP contribution in [-0.2, 0) is 21.0 Å². The normalized spacial score (nSPS) is 23.6. The van der Waals surface area contributed by atoms with Crippen molar-refractivity contribution in [2.75, 3.05) is 33.5 Å². The number of aryl methyl sites for hydroxylation is 1. The summed E-state index contributed by atoms with van der Waals surface area (Å²) in [5, 5.41) is 35.7. The van der Waals surface area contributed by atoms with Crippen LogP contribution in [-0.4, -0.2) is 81.9 Å². The molecule has 2 N–H and O–H groups in total. The average Bonchev–Trinajstić information content (AvgIpc) is 3.25. The third-order valence-electron chi connectivity index (χ3n) is 11.8. The maximum atomic E-state index is 14.6. The Morgan fingerprint density at radius 1 is 1.10 bits per heavy atom. The van der Waals surface area contributed by atoms with Crippen LogP contribution in [0.25, 0.3) is 6.08 Å². The van der Waals surface area contributed by atoms with Crippen molar-refractivity contribution in [2.24, 2.45) is 22.9 Å². The number of carbonyl (C=O) groups is 1. The molecular formula is C47H58N4O9. The van der Waals surface area contributed by atoms with Gasteiger partial charge in [0.2, 0.25) is 11.7 Å². The highest BCUT2D eigenvalue weighted by atomic mass is 16.7. The van der Waals surface area contributed by atoms with Crippen LogP contribution in [0.1, 0.15) is 86.7 Å². The third kappa shape index (κ3) is 9.80. The van der Waals surface area contributed by atoms with Gasteiger partial charge in [-0.2, -0.15) is 0 Å². The van der Waals surface area contributed by atoms with E-state index in [0.29, 0.717) is 48.6 Å². The Bertz CT molecular complexity index is 2050. The maximum absolute atomic E-state index is 14.6. The number of unbranched alkanes of at least 4 members (excludes halogenated alkanes) is 2. The number of hydrogen-bond donors (Lipinski definition) is 2. The molecule has 0 bridgehead atoms. The van der Waals surface area contributed by atoms with Crippen molar-refractivity contribution >= 4 is 23.4 Å². The summed E-state index contributed by atoms with van der Waals surface area (Å²) < 4.78 is 20.7. The highest BCUT2D eigenvalue weighted by Gasteiger charge is 2.65. The number of fused-ring (bicyclic) bond motifs is 2. The van der Waals surface area contributed by atoms with Gasteiger partial charge in [-0.15, -0.1) is 6.58 Å². The molecule has 1 fully saturated rings. The van der Waals surface area contributed by atoms with Crippen molar-refractivity contribution in [2.45, 2.75) is 89.6 Å². The number of nitrogens with zero attached hydrogens (tertiary/aromatic N) is 4. The molecule has 6 unspecified atom stereocenters. The molecule has 0 saturated heterocycles. The minimum absolute atomic E-state index is 0.0348. The van der Waals surface area contributed by atoms with Gasteiger partial charge in [0.15, 0.2) is 0 Å². The Hall–Kier alpha value is -5.37. The summed E-state index contributed by atoms with van der Waals surface area (Å²) in [5.74, 6) is -0.871. The SMILES string of the molecule is C=CCOC12Oc3ccc(OCc4cccc(C)n4)cc3C3C(CCCCO)C(CCCCO)C=C(C(=NOC)CC1N(CCC)C(=O)C=Cc1ccc([N+](=O)[O-])cc1)C32. The lowest BCUT2D eigenvalue weighted by Crippen LogP contribution is -2.70. The lowest BCUT2D eigenvalue weighted by Gasteiger charge is -2.60. The first-order chi connectivity index (χ1) is 29.2.